The third-order valence-corrected chi connectivity index (χ3v) is 6.49. The van der Waals surface area contributed by atoms with E-state index in [9.17, 15) is 8.42 Å². The Bertz CT molecular complexity index is 862. The van der Waals surface area contributed by atoms with Gasteiger partial charge in [0.05, 0.1) is 22.7 Å². The van der Waals surface area contributed by atoms with Crippen LogP contribution in [-0.4, -0.2) is 43.2 Å². The van der Waals surface area contributed by atoms with Gasteiger partial charge in [-0.3, -0.25) is 4.68 Å². The maximum absolute atomic E-state index is 12.7. The topological polar surface area (TPSA) is 64.4 Å². The van der Waals surface area contributed by atoms with Crippen LogP contribution < -0.4 is 4.74 Å². The molecule has 2 aromatic rings. The van der Waals surface area contributed by atoms with Gasteiger partial charge in [0.1, 0.15) is 5.75 Å². The lowest BCUT2D eigenvalue weighted by molar-refractivity contribution is 0.414. The van der Waals surface area contributed by atoms with Gasteiger partial charge >= 0.3 is 0 Å². The molecule has 6 nitrogen and oxygen atoms in total. The Morgan fingerprint density at radius 3 is 2.52 bits per heavy atom. The van der Waals surface area contributed by atoms with Gasteiger partial charge in [-0.1, -0.05) is 11.6 Å². The maximum Gasteiger partial charge on any atom is 0.242 e. The second-order valence-electron chi connectivity index (χ2n) is 5.84. The molecule has 0 spiro atoms. The summed E-state index contributed by atoms with van der Waals surface area (Å²) < 4.78 is 33.8. The summed E-state index contributed by atoms with van der Waals surface area (Å²) in [5.41, 5.74) is 3.12. The SMILES string of the molecule is CCn1nc(C)c(CCN(C)S(=O)(=O)c2ccc(OC)c(Cl)c2)c1C. The van der Waals surface area contributed by atoms with Crippen molar-refractivity contribution in [1.29, 1.82) is 0 Å². The van der Waals surface area contributed by atoms with Gasteiger partial charge in [-0.2, -0.15) is 5.10 Å². The van der Waals surface area contributed by atoms with Crippen molar-refractivity contribution in [2.24, 2.45) is 0 Å². The monoisotopic (exact) mass is 385 g/mol. The summed E-state index contributed by atoms with van der Waals surface area (Å²) in [6, 6.07) is 4.47. The summed E-state index contributed by atoms with van der Waals surface area (Å²) in [4.78, 5) is 0.151. The molecule has 0 aliphatic rings. The van der Waals surface area contributed by atoms with Gasteiger partial charge in [-0.25, -0.2) is 12.7 Å². The van der Waals surface area contributed by atoms with Crippen molar-refractivity contribution < 1.29 is 13.2 Å². The molecule has 0 atom stereocenters. The zero-order valence-electron chi connectivity index (χ0n) is 15.2. The number of benzene rings is 1. The van der Waals surface area contributed by atoms with Crippen LogP contribution in [-0.2, 0) is 23.0 Å². The smallest absolute Gasteiger partial charge is 0.242 e. The number of ether oxygens (including phenoxy) is 1. The van der Waals surface area contributed by atoms with Gasteiger partial charge in [0.25, 0.3) is 0 Å². The van der Waals surface area contributed by atoms with Crippen molar-refractivity contribution in [2.45, 2.75) is 38.6 Å². The first-order chi connectivity index (χ1) is 11.7. The fourth-order valence-corrected chi connectivity index (χ4v) is 4.30. The molecule has 1 heterocycles. The summed E-state index contributed by atoms with van der Waals surface area (Å²) in [7, 11) is -0.554. The third-order valence-electron chi connectivity index (χ3n) is 4.34. The minimum Gasteiger partial charge on any atom is -0.495 e. The van der Waals surface area contributed by atoms with Gasteiger partial charge in [0, 0.05) is 25.8 Å². The number of hydrogen-bond donors (Lipinski definition) is 0. The van der Waals surface area contributed by atoms with Gasteiger partial charge in [0.15, 0.2) is 0 Å². The van der Waals surface area contributed by atoms with E-state index in [2.05, 4.69) is 5.10 Å². The highest BCUT2D eigenvalue weighted by Gasteiger charge is 2.22. The second-order valence-corrected chi connectivity index (χ2v) is 8.29. The molecule has 8 heteroatoms. The van der Waals surface area contributed by atoms with E-state index >= 15 is 0 Å². The predicted octanol–water partition coefficient (Wildman–Crippen LogP) is 3.05. The summed E-state index contributed by atoms with van der Waals surface area (Å²) in [6.07, 6.45) is 0.608. The highest BCUT2D eigenvalue weighted by Crippen LogP contribution is 2.28. The summed E-state index contributed by atoms with van der Waals surface area (Å²) >= 11 is 6.05. The van der Waals surface area contributed by atoms with Crippen molar-refractivity contribution >= 4 is 21.6 Å². The quantitative estimate of drug-likeness (QED) is 0.734. The van der Waals surface area contributed by atoms with Gasteiger partial charge in [0.2, 0.25) is 10.0 Å². The number of rotatable bonds is 7. The van der Waals surface area contributed by atoms with E-state index < -0.39 is 10.0 Å². The van der Waals surface area contributed by atoms with Gasteiger partial charge < -0.3 is 4.74 Å². The Morgan fingerprint density at radius 1 is 1.32 bits per heavy atom. The normalized spacial score (nSPS) is 12.0. The van der Waals surface area contributed by atoms with Crippen LogP contribution in [0, 0.1) is 13.8 Å². The molecule has 0 bridgehead atoms. The van der Waals surface area contributed by atoms with Crippen LogP contribution in [0.15, 0.2) is 23.1 Å². The number of sulfonamides is 1. The molecule has 0 amide bonds. The molecule has 138 valence electrons. The number of hydrogen-bond acceptors (Lipinski definition) is 4. The molecule has 0 saturated carbocycles. The molecule has 0 aliphatic heterocycles. The third kappa shape index (κ3) is 3.99. The lowest BCUT2D eigenvalue weighted by Crippen LogP contribution is -2.29. The summed E-state index contributed by atoms with van der Waals surface area (Å²) in [6.45, 7) is 7.16. The molecule has 25 heavy (non-hydrogen) atoms. The minimum atomic E-state index is -3.61. The van der Waals surface area contributed by atoms with Crippen molar-refractivity contribution in [1.82, 2.24) is 14.1 Å². The largest absolute Gasteiger partial charge is 0.495 e. The number of halogens is 1. The Kier molecular flexibility index (Phi) is 6.13. The lowest BCUT2D eigenvalue weighted by atomic mass is 10.1. The van der Waals surface area contributed by atoms with Gasteiger partial charge in [-0.15, -0.1) is 0 Å². The first kappa shape index (κ1) is 19.8. The molecule has 0 fully saturated rings. The molecule has 0 unspecified atom stereocenters. The highest BCUT2D eigenvalue weighted by molar-refractivity contribution is 7.89. The predicted molar refractivity (Wildman–Crippen MR) is 98.9 cm³/mol. The highest BCUT2D eigenvalue weighted by atomic mass is 35.5. The van der Waals surface area contributed by atoms with Crippen LogP contribution >= 0.6 is 11.6 Å². The Labute approximate surface area is 154 Å². The van der Waals surface area contributed by atoms with E-state index in [1.807, 2.05) is 25.5 Å². The molecule has 0 aliphatic carbocycles. The van der Waals surface area contributed by atoms with Crippen LogP contribution in [0.4, 0.5) is 0 Å². The minimum absolute atomic E-state index is 0.151. The molecular formula is C17H24ClN3O3S. The first-order valence-corrected chi connectivity index (χ1v) is 9.86. The van der Waals surface area contributed by atoms with E-state index in [-0.39, 0.29) is 9.92 Å². The van der Waals surface area contributed by atoms with Crippen molar-refractivity contribution in [3.05, 3.63) is 40.2 Å². The number of likely N-dealkylation sites (N-methyl/N-ethyl adjacent to an activating group) is 1. The zero-order valence-corrected chi connectivity index (χ0v) is 16.8. The van der Waals surface area contributed by atoms with E-state index in [0.717, 1.165) is 23.5 Å². The summed E-state index contributed by atoms with van der Waals surface area (Å²) in [5, 5.41) is 4.75. The molecule has 0 radical (unpaired) electrons. The number of aryl methyl sites for hydroxylation is 2. The Hall–Kier alpha value is -1.57. The number of nitrogens with zero attached hydrogens (tertiary/aromatic N) is 3. The molecule has 1 aromatic carbocycles. The van der Waals surface area contributed by atoms with E-state index in [4.69, 9.17) is 16.3 Å². The van der Waals surface area contributed by atoms with Crippen LogP contribution in [0.25, 0.3) is 0 Å². The second kappa shape index (κ2) is 7.76. The molecule has 1 aromatic heterocycles. The first-order valence-electron chi connectivity index (χ1n) is 8.05. The number of methoxy groups -OCH3 is 1. The van der Waals surface area contributed by atoms with E-state index in [1.54, 1.807) is 13.1 Å². The summed E-state index contributed by atoms with van der Waals surface area (Å²) in [5.74, 6) is 0.446. The molecule has 0 N–H and O–H groups in total. The van der Waals surface area contributed by atoms with Crippen LogP contribution in [0.1, 0.15) is 23.9 Å². The van der Waals surface area contributed by atoms with E-state index in [1.165, 1.54) is 23.5 Å². The van der Waals surface area contributed by atoms with Crippen LogP contribution in [0.3, 0.4) is 0 Å². The number of aromatic nitrogens is 2. The van der Waals surface area contributed by atoms with Crippen molar-refractivity contribution in [3.8, 4) is 5.75 Å². The van der Waals surface area contributed by atoms with Crippen molar-refractivity contribution in [2.75, 3.05) is 20.7 Å². The Morgan fingerprint density at radius 2 is 2.00 bits per heavy atom. The average molecular weight is 386 g/mol. The lowest BCUT2D eigenvalue weighted by Gasteiger charge is -2.18. The van der Waals surface area contributed by atoms with Crippen molar-refractivity contribution in [3.63, 3.8) is 0 Å². The van der Waals surface area contributed by atoms with Crippen LogP contribution in [0.2, 0.25) is 5.02 Å². The standard InChI is InChI=1S/C17H24ClN3O3S/c1-6-21-13(3)15(12(2)19-21)9-10-20(4)25(22,23)14-7-8-17(24-5)16(18)11-14/h7-8,11H,6,9-10H2,1-5H3. The fraction of sp³-hybridized carbons (Fsp3) is 0.471. The maximum atomic E-state index is 12.7. The van der Waals surface area contributed by atoms with Gasteiger partial charge in [-0.05, 0) is 51.0 Å². The zero-order chi connectivity index (χ0) is 18.8. The fourth-order valence-electron chi connectivity index (χ4n) is 2.78. The van der Waals surface area contributed by atoms with Crippen LogP contribution in [0.5, 0.6) is 5.75 Å². The molecule has 0 saturated heterocycles. The molecular weight excluding hydrogens is 362 g/mol. The molecule has 2 rings (SSSR count). The Balaban J connectivity index is 2.18. The average Bonchev–Trinajstić information content (AvgIpc) is 2.86. The van der Waals surface area contributed by atoms with E-state index in [0.29, 0.717) is 18.7 Å².